The molecule has 2 atom stereocenters. The fraction of sp³-hybridized carbons (Fsp3) is 0.500. The van der Waals surface area contributed by atoms with Crippen LogP contribution in [0.3, 0.4) is 0 Å². The average molecular weight is 292 g/mol. The first-order chi connectivity index (χ1) is 8.41. The lowest BCUT2D eigenvalue weighted by atomic mass is 10.1. The van der Waals surface area contributed by atoms with Gasteiger partial charge in [0.05, 0.1) is 16.5 Å². The van der Waals surface area contributed by atoms with E-state index >= 15 is 0 Å². The van der Waals surface area contributed by atoms with E-state index in [0.717, 1.165) is 6.42 Å². The van der Waals surface area contributed by atoms with Crippen molar-refractivity contribution in [2.45, 2.75) is 25.4 Å². The van der Waals surface area contributed by atoms with E-state index in [1.165, 1.54) is 12.1 Å². The van der Waals surface area contributed by atoms with E-state index in [1.807, 2.05) is 6.92 Å². The lowest BCUT2D eigenvalue weighted by Gasteiger charge is -2.30. The molecule has 0 bridgehead atoms. The molecule has 6 heteroatoms. The van der Waals surface area contributed by atoms with Crippen LogP contribution in [0.15, 0.2) is 18.2 Å². The SMILES string of the molecule is CCC1CS(=O)(=O)CC(c2ccc(F)c(Cl)c2)N1. The molecule has 0 amide bonds. The number of rotatable bonds is 2. The third kappa shape index (κ3) is 3.02. The zero-order valence-corrected chi connectivity index (χ0v) is 11.6. The van der Waals surface area contributed by atoms with Gasteiger partial charge in [0.25, 0.3) is 0 Å². The molecule has 1 aliphatic heterocycles. The number of halogens is 2. The number of nitrogens with one attached hydrogen (secondary N) is 1. The minimum absolute atomic E-state index is 0.0188. The van der Waals surface area contributed by atoms with Crippen LogP contribution in [0.4, 0.5) is 4.39 Å². The second-order valence-corrected chi connectivity index (χ2v) is 7.14. The van der Waals surface area contributed by atoms with Crippen molar-refractivity contribution in [2.24, 2.45) is 0 Å². The summed E-state index contributed by atoms with van der Waals surface area (Å²) < 4.78 is 36.7. The first-order valence-electron chi connectivity index (χ1n) is 5.82. The van der Waals surface area contributed by atoms with E-state index in [4.69, 9.17) is 11.6 Å². The van der Waals surface area contributed by atoms with E-state index < -0.39 is 15.7 Å². The molecule has 2 rings (SSSR count). The van der Waals surface area contributed by atoms with Crippen molar-refractivity contribution in [1.29, 1.82) is 0 Å². The molecule has 2 unspecified atom stereocenters. The molecule has 0 aliphatic carbocycles. The van der Waals surface area contributed by atoms with E-state index in [1.54, 1.807) is 6.07 Å². The molecule has 100 valence electrons. The topological polar surface area (TPSA) is 46.2 Å². The summed E-state index contributed by atoms with van der Waals surface area (Å²) in [6.45, 7) is 1.94. The Morgan fingerprint density at radius 3 is 2.78 bits per heavy atom. The van der Waals surface area contributed by atoms with Gasteiger partial charge < -0.3 is 5.32 Å². The second kappa shape index (κ2) is 5.15. The summed E-state index contributed by atoms with van der Waals surface area (Å²) >= 11 is 5.72. The lowest BCUT2D eigenvalue weighted by molar-refractivity contribution is 0.440. The standard InChI is InChI=1S/C12H15ClFNO2S/c1-2-9-6-18(16,17)7-12(15-9)8-3-4-11(14)10(13)5-8/h3-5,9,12,15H,2,6-7H2,1H3. The highest BCUT2D eigenvalue weighted by molar-refractivity contribution is 7.91. The summed E-state index contributed by atoms with van der Waals surface area (Å²) in [5.41, 5.74) is 0.711. The van der Waals surface area contributed by atoms with E-state index in [2.05, 4.69) is 5.32 Å². The molecule has 1 N–H and O–H groups in total. The first-order valence-corrected chi connectivity index (χ1v) is 8.02. The summed E-state index contributed by atoms with van der Waals surface area (Å²) in [5, 5.41) is 3.28. The van der Waals surface area contributed by atoms with Gasteiger partial charge in [-0.05, 0) is 24.1 Å². The lowest BCUT2D eigenvalue weighted by Crippen LogP contribution is -2.46. The Kier molecular flexibility index (Phi) is 3.94. The van der Waals surface area contributed by atoms with Crippen molar-refractivity contribution in [3.63, 3.8) is 0 Å². The number of hydrogen-bond acceptors (Lipinski definition) is 3. The van der Waals surface area contributed by atoms with Gasteiger partial charge in [0, 0.05) is 12.1 Å². The van der Waals surface area contributed by atoms with Crippen LogP contribution in [0, 0.1) is 5.82 Å². The molecule has 1 aromatic carbocycles. The summed E-state index contributed by atoms with van der Waals surface area (Å²) in [7, 11) is -3.06. The maximum atomic E-state index is 13.1. The zero-order valence-electron chi connectivity index (χ0n) is 9.99. The van der Waals surface area contributed by atoms with Gasteiger partial charge in [0.2, 0.25) is 0 Å². The minimum atomic E-state index is -3.06. The predicted molar refractivity (Wildman–Crippen MR) is 70.0 cm³/mol. The molecule has 1 aliphatic rings. The van der Waals surface area contributed by atoms with Crippen molar-refractivity contribution in [2.75, 3.05) is 11.5 Å². The molecule has 1 aromatic rings. The zero-order chi connectivity index (χ0) is 13.3. The molecule has 18 heavy (non-hydrogen) atoms. The molecular weight excluding hydrogens is 277 g/mol. The maximum absolute atomic E-state index is 13.1. The molecule has 1 fully saturated rings. The minimum Gasteiger partial charge on any atom is -0.305 e. The van der Waals surface area contributed by atoms with E-state index in [-0.39, 0.29) is 28.6 Å². The normalized spacial score (nSPS) is 27.1. The smallest absolute Gasteiger partial charge is 0.153 e. The predicted octanol–water partition coefficient (Wildman–Crippen LogP) is 2.32. The quantitative estimate of drug-likeness (QED) is 0.909. The molecule has 0 spiro atoms. The molecule has 0 aromatic heterocycles. The summed E-state index contributed by atoms with van der Waals surface area (Å²) in [6.07, 6.45) is 0.741. The van der Waals surface area contributed by atoms with E-state index in [9.17, 15) is 12.8 Å². The fourth-order valence-corrected chi connectivity index (χ4v) is 4.23. The van der Waals surface area contributed by atoms with Crippen molar-refractivity contribution in [3.8, 4) is 0 Å². The Morgan fingerprint density at radius 1 is 1.44 bits per heavy atom. The van der Waals surface area contributed by atoms with Crippen molar-refractivity contribution < 1.29 is 12.8 Å². The Balaban J connectivity index is 2.29. The summed E-state index contributed by atoms with van der Waals surface area (Å²) in [4.78, 5) is 0. The van der Waals surface area contributed by atoms with Gasteiger partial charge in [-0.2, -0.15) is 0 Å². The van der Waals surface area contributed by atoms with Crippen LogP contribution >= 0.6 is 11.6 Å². The molecule has 1 saturated heterocycles. The van der Waals surface area contributed by atoms with E-state index in [0.29, 0.717) is 5.56 Å². The Morgan fingerprint density at radius 2 is 2.17 bits per heavy atom. The highest BCUT2D eigenvalue weighted by Crippen LogP contribution is 2.25. The van der Waals surface area contributed by atoms with Gasteiger partial charge in [0.15, 0.2) is 9.84 Å². The number of hydrogen-bond donors (Lipinski definition) is 1. The third-order valence-corrected chi connectivity index (χ3v) is 5.19. The number of sulfone groups is 1. The Labute approximate surface area is 111 Å². The monoisotopic (exact) mass is 291 g/mol. The first kappa shape index (κ1) is 13.8. The van der Waals surface area contributed by atoms with Crippen molar-refractivity contribution in [3.05, 3.63) is 34.6 Å². The fourth-order valence-electron chi connectivity index (χ4n) is 2.17. The molecule has 1 heterocycles. The van der Waals surface area contributed by atoms with Crippen molar-refractivity contribution in [1.82, 2.24) is 5.32 Å². The maximum Gasteiger partial charge on any atom is 0.153 e. The molecule has 0 saturated carbocycles. The molecule has 0 radical (unpaired) electrons. The van der Waals surface area contributed by atoms with Gasteiger partial charge in [-0.3, -0.25) is 0 Å². The Bertz CT molecular complexity index is 547. The third-order valence-electron chi connectivity index (χ3n) is 3.15. The van der Waals surface area contributed by atoms with Crippen LogP contribution in [0.25, 0.3) is 0 Å². The van der Waals surface area contributed by atoms with Gasteiger partial charge in [-0.25, -0.2) is 12.8 Å². The Hall–Kier alpha value is -0.650. The van der Waals surface area contributed by atoms with Gasteiger partial charge in [-0.15, -0.1) is 0 Å². The summed E-state index contributed by atoms with van der Waals surface area (Å²) in [5.74, 6) is -0.299. The van der Waals surface area contributed by atoms with Gasteiger partial charge in [0.1, 0.15) is 5.82 Å². The van der Waals surface area contributed by atoms with Crippen LogP contribution in [0.1, 0.15) is 24.9 Å². The van der Waals surface area contributed by atoms with Gasteiger partial charge >= 0.3 is 0 Å². The van der Waals surface area contributed by atoms with Crippen LogP contribution in [-0.2, 0) is 9.84 Å². The van der Waals surface area contributed by atoms with Crippen LogP contribution in [0.2, 0.25) is 5.02 Å². The average Bonchev–Trinajstić information content (AvgIpc) is 2.30. The molecular formula is C12H15ClFNO2S. The van der Waals surface area contributed by atoms with Crippen LogP contribution in [-0.4, -0.2) is 26.0 Å². The highest BCUT2D eigenvalue weighted by atomic mass is 35.5. The summed E-state index contributed by atoms with van der Waals surface area (Å²) in [6, 6.07) is 3.96. The van der Waals surface area contributed by atoms with Crippen molar-refractivity contribution >= 4 is 21.4 Å². The highest BCUT2D eigenvalue weighted by Gasteiger charge is 2.31. The largest absolute Gasteiger partial charge is 0.305 e. The van der Waals surface area contributed by atoms with Crippen LogP contribution in [0.5, 0.6) is 0 Å². The second-order valence-electron chi connectivity index (χ2n) is 4.57. The number of benzene rings is 1. The van der Waals surface area contributed by atoms with Crippen LogP contribution < -0.4 is 5.32 Å². The van der Waals surface area contributed by atoms with Gasteiger partial charge in [-0.1, -0.05) is 24.6 Å². The molecule has 3 nitrogen and oxygen atoms in total.